The molecule has 5 aromatic rings. The van der Waals surface area contributed by atoms with Crippen molar-refractivity contribution in [2.45, 2.75) is 6.61 Å². The molecule has 9 heteroatoms. The summed E-state index contributed by atoms with van der Waals surface area (Å²) >= 11 is 0. The van der Waals surface area contributed by atoms with Gasteiger partial charge in [0.15, 0.2) is 11.5 Å². The van der Waals surface area contributed by atoms with Crippen molar-refractivity contribution in [3.63, 3.8) is 0 Å². The number of rotatable bonds is 5. The predicted octanol–water partition coefficient (Wildman–Crippen LogP) is 3.30. The molecule has 0 radical (unpaired) electrons. The molecule has 0 fully saturated rings. The van der Waals surface area contributed by atoms with Gasteiger partial charge in [-0.2, -0.15) is 10.1 Å². The Morgan fingerprint density at radius 2 is 1.80 bits per heavy atom. The fraction of sp³-hybridized carbons (Fsp3) is 0.0952. The molecule has 0 N–H and O–H groups in total. The minimum atomic E-state index is -0.393. The molecule has 0 aliphatic heterocycles. The van der Waals surface area contributed by atoms with Crippen molar-refractivity contribution in [1.29, 1.82) is 0 Å². The molecule has 5 rings (SSSR count). The first-order valence-electron chi connectivity index (χ1n) is 9.23. The van der Waals surface area contributed by atoms with Gasteiger partial charge in [0.1, 0.15) is 24.4 Å². The van der Waals surface area contributed by atoms with Crippen molar-refractivity contribution in [3.8, 4) is 28.3 Å². The second kappa shape index (κ2) is 7.36. The molecule has 0 saturated carbocycles. The zero-order valence-corrected chi connectivity index (χ0v) is 16.0. The smallest absolute Gasteiger partial charge is 0.225 e. The van der Waals surface area contributed by atoms with Crippen LogP contribution in [0.4, 0.5) is 4.39 Å². The van der Waals surface area contributed by atoms with Crippen LogP contribution in [0.3, 0.4) is 0 Å². The topological polar surface area (TPSA) is 83.0 Å². The highest BCUT2D eigenvalue weighted by atomic mass is 19.1. The van der Waals surface area contributed by atoms with Gasteiger partial charge < -0.3 is 4.74 Å². The van der Waals surface area contributed by atoms with Gasteiger partial charge >= 0.3 is 0 Å². The minimum absolute atomic E-state index is 0.177. The first-order chi connectivity index (χ1) is 14.7. The molecule has 0 bridgehead atoms. The van der Waals surface area contributed by atoms with Crippen molar-refractivity contribution >= 4 is 5.65 Å². The SMILES string of the molecule is Cn1ncnc1COc1nc2c(-c3ccccc3F)nnn2cc1-c1ccccc1. The van der Waals surface area contributed by atoms with Crippen molar-refractivity contribution in [1.82, 2.24) is 34.6 Å². The fourth-order valence-electron chi connectivity index (χ4n) is 3.15. The van der Waals surface area contributed by atoms with E-state index in [1.165, 1.54) is 16.9 Å². The van der Waals surface area contributed by atoms with Crippen LogP contribution in [-0.4, -0.2) is 34.6 Å². The Morgan fingerprint density at radius 3 is 2.57 bits per heavy atom. The first-order valence-corrected chi connectivity index (χ1v) is 9.23. The number of hydrogen-bond donors (Lipinski definition) is 0. The summed E-state index contributed by atoms with van der Waals surface area (Å²) < 4.78 is 23.5. The van der Waals surface area contributed by atoms with Crippen LogP contribution in [0.15, 0.2) is 67.1 Å². The van der Waals surface area contributed by atoms with E-state index in [-0.39, 0.29) is 6.61 Å². The average molecular weight is 401 g/mol. The lowest BCUT2D eigenvalue weighted by atomic mass is 10.1. The lowest BCUT2D eigenvalue weighted by Crippen LogP contribution is -2.07. The Kier molecular flexibility index (Phi) is 4.40. The Morgan fingerprint density at radius 1 is 1.00 bits per heavy atom. The molecule has 0 atom stereocenters. The van der Waals surface area contributed by atoms with Gasteiger partial charge in [-0.05, 0) is 17.7 Å². The number of aryl methyl sites for hydroxylation is 1. The quantitative estimate of drug-likeness (QED) is 0.449. The third-order valence-corrected chi connectivity index (χ3v) is 4.72. The summed E-state index contributed by atoms with van der Waals surface area (Å²) in [5.74, 6) is 0.628. The monoisotopic (exact) mass is 401 g/mol. The van der Waals surface area contributed by atoms with Crippen LogP contribution < -0.4 is 4.74 Å². The summed E-state index contributed by atoms with van der Waals surface area (Å²) in [4.78, 5) is 8.83. The highest BCUT2D eigenvalue weighted by Crippen LogP contribution is 2.32. The van der Waals surface area contributed by atoms with E-state index in [1.54, 1.807) is 36.1 Å². The number of halogens is 1. The Labute approximate surface area is 170 Å². The van der Waals surface area contributed by atoms with Crippen LogP contribution in [-0.2, 0) is 13.7 Å². The number of ether oxygens (including phenoxy) is 1. The van der Waals surface area contributed by atoms with Gasteiger partial charge in [0.2, 0.25) is 5.88 Å². The van der Waals surface area contributed by atoms with Crippen LogP contribution in [0.2, 0.25) is 0 Å². The molecule has 3 heterocycles. The highest BCUT2D eigenvalue weighted by molar-refractivity contribution is 5.77. The van der Waals surface area contributed by atoms with Crippen LogP contribution >= 0.6 is 0 Å². The summed E-state index contributed by atoms with van der Waals surface area (Å²) in [5.41, 5.74) is 2.70. The number of benzene rings is 2. The van der Waals surface area contributed by atoms with E-state index in [0.717, 1.165) is 11.1 Å². The van der Waals surface area contributed by atoms with Gasteiger partial charge in [-0.3, -0.25) is 4.68 Å². The number of fused-ring (bicyclic) bond motifs is 1. The van der Waals surface area contributed by atoms with E-state index in [0.29, 0.717) is 28.6 Å². The minimum Gasteiger partial charge on any atom is -0.469 e. The van der Waals surface area contributed by atoms with E-state index in [9.17, 15) is 4.39 Å². The van der Waals surface area contributed by atoms with Crippen molar-refractivity contribution in [2.75, 3.05) is 0 Å². The molecule has 0 amide bonds. The Hall–Kier alpha value is -4.14. The van der Waals surface area contributed by atoms with Crippen molar-refractivity contribution in [3.05, 3.63) is 78.8 Å². The molecule has 0 aliphatic rings. The highest BCUT2D eigenvalue weighted by Gasteiger charge is 2.19. The maximum absolute atomic E-state index is 14.3. The number of aromatic nitrogens is 7. The average Bonchev–Trinajstić information content (AvgIpc) is 3.38. The third kappa shape index (κ3) is 3.16. The molecule has 3 aromatic heterocycles. The normalized spacial score (nSPS) is 11.1. The van der Waals surface area contributed by atoms with Crippen molar-refractivity contribution in [2.24, 2.45) is 7.05 Å². The van der Waals surface area contributed by atoms with Crippen molar-refractivity contribution < 1.29 is 9.13 Å². The molecule has 8 nitrogen and oxygen atoms in total. The molecule has 30 heavy (non-hydrogen) atoms. The van der Waals surface area contributed by atoms with Gasteiger partial charge in [0, 0.05) is 18.8 Å². The summed E-state index contributed by atoms with van der Waals surface area (Å²) in [7, 11) is 1.79. The second-order valence-corrected chi connectivity index (χ2v) is 6.60. The van der Waals surface area contributed by atoms with E-state index >= 15 is 0 Å². The lowest BCUT2D eigenvalue weighted by molar-refractivity contribution is 0.280. The molecule has 2 aromatic carbocycles. The maximum atomic E-state index is 14.3. The van der Waals surface area contributed by atoms with Crippen LogP contribution in [0.5, 0.6) is 5.88 Å². The molecule has 0 saturated heterocycles. The van der Waals surface area contributed by atoms with Gasteiger partial charge in [0.25, 0.3) is 0 Å². The lowest BCUT2D eigenvalue weighted by Gasteiger charge is -2.11. The largest absolute Gasteiger partial charge is 0.469 e. The summed E-state index contributed by atoms with van der Waals surface area (Å²) in [6, 6.07) is 16.1. The third-order valence-electron chi connectivity index (χ3n) is 4.72. The van der Waals surface area contributed by atoms with Gasteiger partial charge in [-0.1, -0.05) is 47.7 Å². The predicted molar refractivity (Wildman–Crippen MR) is 107 cm³/mol. The van der Waals surface area contributed by atoms with E-state index in [2.05, 4.69) is 25.4 Å². The van der Waals surface area contributed by atoms with Crippen LogP contribution in [0.25, 0.3) is 28.0 Å². The zero-order valence-electron chi connectivity index (χ0n) is 16.0. The fourth-order valence-corrected chi connectivity index (χ4v) is 3.15. The standard InChI is InChI=1S/C21H16FN7O/c1-28-18(23-13-24-28)12-30-21-16(14-7-3-2-4-8-14)11-29-20(25-21)19(26-27-29)15-9-5-6-10-17(15)22/h2-11,13H,12H2,1H3. The molecular weight excluding hydrogens is 385 g/mol. The van der Waals surface area contributed by atoms with Gasteiger partial charge in [-0.25, -0.2) is 13.9 Å². The second-order valence-electron chi connectivity index (χ2n) is 6.60. The number of nitrogens with zero attached hydrogens (tertiary/aromatic N) is 7. The Balaban J connectivity index is 1.65. The van der Waals surface area contributed by atoms with Crippen LogP contribution in [0.1, 0.15) is 5.82 Å². The molecule has 0 unspecified atom stereocenters. The summed E-state index contributed by atoms with van der Waals surface area (Å²) in [6.45, 7) is 0.177. The molecule has 148 valence electrons. The first kappa shape index (κ1) is 17.9. The molecule has 0 spiro atoms. The summed E-state index contributed by atoms with van der Waals surface area (Å²) in [6.07, 6.45) is 3.24. The molecule has 0 aliphatic carbocycles. The van der Waals surface area contributed by atoms with E-state index in [4.69, 9.17) is 4.74 Å². The molecular formula is C21H16FN7O. The summed E-state index contributed by atoms with van der Waals surface area (Å²) in [5, 5.41) is 12.4. The van der Waals surface area contributed by atoms with Gasteiger partial charge in [0.05, 0.1) is 5.56 Å². The zero-order chi connectivity index (χ0) is 20.5. The number of hydrogen-bond acceptors (Lipinski definition) is 6. The van der Waals surface area contributed by atoms with Gasteiger partial charge in [-0.15, -0.1) is 5.10 Å². The van der Waals surface area contributed by atoms with E-state index in [1.807, 2.05) is 30.3 Å². The maximum Gasteiger partial charge on any atom is 0.225 e. The Bertz CT molecular complexity index is 1330. The van der Waals surface area contributed by atoms with Crippen LogP contribution in [0, 0.1) is 5.82 Å². The van der Waals surface area contributed by atoms with E-state index < -0.39 is 5.82 Å².